The first-order valence-electron chi connectivity index (χ1n) is 9.39. The molecule has 1 aliphatic rings. The summed E-state index contributed by atoms with van der Waals surface area (Å²) in [7, 11) is -1.54. The number of nitrogens with two attached hydrogens (primary N) is 1. The van der Waals surface area contributed by atoms with E-state index in [9.17, 15) is 20.1 Å². The maximum atomic E-state index is 12.6. The molecule has 0 aromatic heterocycles. The van der Waals surface area contributed by atoms with Crippen LogP contribution in [0.15, 0.2) is 71.3 Å². The summed E-state index contributed by atoms with van der Waals surface area (Å²) >= 11 is 0. The molecule has 1 atom stereocenters. The van der Waals surface area contributed by atoms with Gasteiger partial charge in [-0.15, -0.1) is 0 Å². The van der Waals surface area contributed by atoms with Crippen molar-refractivity contribution in [1.29, 1.82) is 5.26 Å². The van der Waals surface area contributed by atoms with Crippen LogP contribution in [-0.4, -0.2) is 29.7 Å². The number of carbonyl (C=O) groups is 1. The van der Waals surface area contributed by atoms with Crippen molar-refractivity contribution in [2.45, 2.75) is 19.8 Å². The third-order valence-corrected chi connectivity index (χ3v) is 4.86. The Hall–Kier alpha value is -3.54. The average Bonchev–Trinajstić information content (AvgIpc) is 2.73. The second-order valence-corrected chi connectivity index (χ2v) is 6.74. The van der Waals surface area contributed by atoms with Crippen LogP contribution in [0.1, 0.15) is 25.3 Å². The Labute approximate surface area is 174 Å². The number of allylic oxidation sites excluding steroid dienone is 2. The SMILES string of the molecule is CCOC(=O)C1=C(C)OC(N)=C(C#N)C1c1cccc(-c2ccc(B(O)O)cc2)c1. The maximum Gasteiger partial charge on any atom is 0.488 e. The Bertz CT molecular complexity index is 1070. The zero-order valence-corrected chi connectivity index (χ0v) is 16.6. The lowest BCUT2D eigenvalue weighted by molar-refractivity contribution is -0.139. The third-order valence-electron chi connectivity index (χ3n) is 4.86. The lowest BCUT2D eigenvalue weighted by Crippen LogP contribution is -2.29. The quantitative estimate of drug-likeness (QED) is 0.511. The standard InChI is InChI=1S/C22H21BN2O5/c1-3-29-22(26)19-13(2)30-21(25)18(12-24)20(19)16-6-4-5-15(11-16)14-7-9-17(10-8-14)23(27)28/h4-11,20,27-28H,3,25H2,1-2H3. The number of ether oxygens (including phenoxy) is 2. The number of benzene rings is 2. The number of hydrogen-bond acceptors (Lipinski definition) is 7. The Kier molecular flexibility index (Phi) is 6.26. The second-order valence-electron chi connectivity index (χ2n) is 6.74. The molecule has 0 saturated carbocycles. The largest absolute Gasteiger partial charge is 0.488 e. The van der Waals surface area contributed by atoms with E-state index in [1.807, 2.05) is 24.3 Å². The van der Waals surface area contributed by atoms with Crippen LogP contribution in [0.3, 0.4) is 0 Å². The molecule has 0 saturated heterocycles. The summed E-state index contributed by atoms with van der Waals surface area (Å²) in [5, 5.41) is 28.2. The molecule has 2 aromatic rings. The molecule has 1 aliphatic heterocycles. The zero-order chi connectivity index (χ0) is 21.8. The minimum Gasteiger partial charge on any atom is -0.463 e. The van der Waals surface area contributed by atoms with Gasteiger partial charge in [0.25, 0.3) is 0 Å². The normalized spacial score (nSPS) is 16.0. The van der Waals surface area contributed by atoms with Crippen molar-refractivity contribution in [1.82, 2.24) is 0 Å². The van der Waals surface area contributed by atoms with E-state index >= 15 is 0 Å². The van der Waals surface area contributed by atoms with Crippen LogP contribution in [0.25, 0.3) is 11.1 Å². The summed E-state index contributed by atoms with van der Waals surface area (Å²) in [6.07, 6.45) is 0. The molecule has 0 spiro atoms. The van der Waals surface area contributed by atoms with Crippen LogP contribution in [0, 0.1) is 11.3 Å². The van der Waals surface area contributed by atoms with E-state index in [1.54, 1.807) is 38.1 Å². The van der Waals surface area contributed by atoms with Crippen LogP contribution < -0.4 is 11.2 Å². The van der Waals surface area contributed by atoms with E-state index in [-0.39, 0.29) is 23.6 Å². The molecule has 4 N–H and O–H groups in total. The van der Waals surface area contributed by atoms with Crippen LogP contribution in [0.2, 0.25) is 0 Å². The molecule has 30 heavy (non-hydrogen) atoms. The predicted octanol–water partition coefficient (Wildman–Crippen LogP) is 1.68. The maximum absolute atomic E-state index is 12.6. The molecular weight excluding hydrogens is 383 g/mol. The highest BCUT2D eigenvalue weighted by Crippen LogP contribution is 2.40. The van der Waals surface area contributed by atoms with Gasteiger partial charge >= 0.3 is 13.1 Å². The van der Waals surface area contributed by atoms with Gasteiger partial charge < -0.3 is 25.3 Å². The number of carbonyl (C=O) groups excluding carboxylic acids is 1. The summed E-state index contributed by atoms with van der Waals surface area (Å²) in [5.74, 6) is -1.03. The van der Waals surface area contributed by atoms with E-state index < -0.39 is 19.0 Å². The predicted molar refractivity (Wildman–Crippen MR) is 112 cm³/mol. The summed E-state index contributed by atoms with van der Waals surface area (Å²) in [4.78, 5) is 12.6. The van der Waals surface area contributed by atoms with Crippen molar-refractivity contribution in [3.63, 3.8) is 0 Å². The van der Waals surface area contributed by atoms with Gasteiger partial charge in [-0.05, 0) is 36.0 Å². The van der Waals surface area contributed by atoms with Gasteiger partial charge in [-0.3, -0.25) is 0 Å². The molecular formula is C22H21BN2O5. The highest BCUT2D eigenvalue weighted by Gasteiger charge is 2.36. The van der Waals surface area contributed by atoms with E-state index in [4.69, 9.17) is 15.2 Å². The van der Waals surface area contributed by atoms with Gasteiger partial charge in [0.2, 0.25) is 5.88 Å². The fourth-order valence-electron chi connectivity index (χ4n) is 3.43. The Morgan fingerprint density at radius 1 is 1.23 bits per heavy atom. The van der Waals surface area contributed by atoms with Crippen LogP contribution in [0.5, 0.6) is 0 Å². The van der Waals surface area contributed by atoms with Crippen LogP contribution >= 0.6 is 0 Å². The topological polar surface area (TPSA) is 126 Å². The minimum atomic E-state index is -1.54. The summed E-state index contributed by atoms with van der Waals surface area (Å²) in [6, 6.07) is 16.2. The Balaban J connectivity index is 2.09. The molecule has 0 fully saturated rings. The number of nitrogens with zero attached hydrogens (tertiary/aromatic N) is 1. The van der Waals surface area contributed by atoms with Gasteiger partial charge in [0.1, 0.15) is 17.4 Å². The molecule has 0 radical (unpaired) electrons. The third kappa shape index (κ3) is 4.08. The number of rotatable bonds is 5. The van der Waals surface area contributed by atoms with E-state index in [1.165, 1.54) is 0 Å². The molecule has 1 heterocycles. The summed E-state index contributed by atoms with van der Waals surface area (Å²) in [5.41, 5.74) is 9.04. The van der Waals surface area contributed by atoms with E-state index in [0.29, 0.717) is 16.8 Å². The number of esters is 1. The molecule has 8 heteroatoms. The molecule has 7 nitrogen and oxygen atoms in total. The van der Waals surface area contributed by atoms with E-state index in [0.717, 1.165) is 11.1 Å². The highest BCUT2D eigenvalue weighted by atomic mass is 16.5. The molecule has 3 rings (SSSR count). The van der Waals surface area contributed by atoms with Gasteiger partial charge in [-0.2, -0.15) is 5.26 Å². The molecule has 1 unspecified atom stereocenters. The fourth-order valence-corrected chi connectivity index (χ4v) is 3.43. The number of nitriles is 1. The van der Waals surface area contributed by atoms with Gasteiger partial charge in [-0.1, -0.05) is 48.5 Å². The monoisotopic (exact) mass is 404 g/mol. The fraction of sp³-hybridized carbons (Fsp3) is 0.182. The Morgan fingerprint density at radius 3 is 2.53 bits per heavy atom. The zero-order valence-electron chi connectivity index (χ0n) is 16.6. The molecule has 2 aromatic carbocycles. The van der Waals surface area contributed by atoms with Crippen LogP contribution in [-0.2, 0) is 14.3 Å². The highest BCUT2D eigenvalue weighted by molar-refractivity contribution is 6.58. The van der Waals surface area contributed by atoms with Crippen molar-refractivity contribution in [3.8, 4) is 17.2 Å². The summed E-state index contributed by atoms with van der Waals surface area (Å²) in [6.45, 7) is 3.51. The van der Waals surface area contributed by atoms with Gasteiger partial charge in [0, 0.05) is 0 Å². The van der Waals surface area contributed by atoms with Crippen molar-refractivity contribution in [2.75, 3.05) is 6.61 Å². The smallest absolute Gasteiger partial charge is 0.463 e. The van der Waals surface area contributed by atoms with Gasteiger partial charge in [0.05, 0.1) is 18.1 Å². The minimum absolute atomic E-state index is 0.0419. The van der Waals surface area contributed by atoms with Crippen LogP contribution in [0.4, 0.5) is 0 Å². The lowest BCUT2D eigenvalue weighted by Gasteiger charge is -2.27. The van der Waals surface area contributed by atoms with Crippen molar-refractivity contribution < 1.29 is 24.3 Å². The van der Waals surface area contributed by atoms with Crippen molar-refractivity contribution in [3.05, 3.63) is 76.9 Å². The van der Waals surface area contributed by atoms with Crippen molar-refractivity contribution >= 4 is 18.6 Å². The van der Waals surface area contributed by atoms with Crippen molar-refractivity contribution in [2.24, 2.45) is 5.73 Å². The number of hydrogen-bond donors (Lipinski definition) is 3. The summed E-state index contributed by atoms with van der Waals surface area (Å²) < 4.78 is 10.6. The second kappa shape index (κ2) is 8.86. The average molecular weight is 404 g/mol. The molecule has 0 bridgehead atoms. The molecule has 0 aliphatic carbocycles. The molecule has 0 amide bonds. The first-order chi connectivity index (χ1) is 14.4. The first-order valence-corrected chi connectivity index (χ1v) is 9.39. The molecule has 152 valence electrons. The van der Waals surface area contributed by atoms with Gasteiger partial charge in [-0.25, -0.2) is 4.79 Å². The van der Waals surface area contributed by atoms with Gasteiger partial charge in [0.15, 0.2) is 0 Å². The lowest BCUT2D eigenvalue weighted by atomic mass is 9.79. The van der Waals surface area contributed by atoms with E-state index in [2.05, 4.69) is 6.07 Å². The first kappa shape index (κ1) is 21.2. The Morgan fingerprint density at radius 2 is 1.93 bits per heavy atom.